The summed E-state index contributed by atoms with van der Waals surface area (Å²) >= 11 is 3.32. The molecular weight excluding hydrogens is 258 g/mol. The molecule has 2 heterocycles. The molecule has 0 saturated carbocycles. The molecule has 0 unspecified atom stereocenters. The van der Waals surface area contributed by atoms with E-state index in [0.717, 1.165) is 21.9 Å². The largest absolute Gasteiger partial charge is 0.338 e. The summed E-state index contributed by atoms with van der Waals surface area (Å²) < 4.78 is 2.49. The molecule has 0 radical (unpaired) electrons. The van der Waals surface area contributed by atoms with Crippen LogP contribution in [0.25, 0.3) is 0 Å². The number of hydrogen-bond donors (Lipinski definition) is 1. The lowest BCUT2D eigenvalue weighted by Crippen LogP contribution is -1.96. The zero-order chi connectivity index (χ0) is 10.8. The third kappa shape index (κ3) is 2.53. The molecule has 0 fully saturated rings. The van der Waals surface area contributed by atoms with Crippen molar-refractivity contribution in [2.75, 3.05) is 5.32 Å². The summed E-state index contributed by atoms with van der Waals surface area (Å²) in [7, 11) is 1.87. The van der Waals surface area contributed by atoms with Crippen LogP contribution in [-0.4, -0.2) is 19.7 Å². The van der Waals surface area contributed by atoms with E-state index in [2.05, 4.69) is 36.3 Å². The third-order valence-corrected chi connectivity index (χ3v) is 2.19. The number of aromatic nitrogens is 4. The molecule has 0 aliphatic rings. The summed E-state index contributed by atoms with van der Waals surface area (Å²) in [5.74, 6) is 1.47. The minimum Gasteiger partial charge on any atom is -0.338 e. The molecule has 0 aliphatic carbocycles. The summed E-state index contributed by atoms with van der Waals surface area (Å²) in [4.78, 5) is 8.38. The highest BCUT2D eigenvalue weighted by Crippen LogP contribution is 2.16. The molecule has 1 N–H and O–H groups in total. The quantitative estimate of drug-likeness (QED) is 0.846. The Morgan fingerprint density at radius 1 is 1.40 bits per heavy atom. The fraction of sp³-hybridized carbons (Fsp3) is 0.222. The van der Waals surface area contributed by atoms with E-state index >= 15 is 0 Å². The molecule has 78 valence electrons. The van der Waals surface area contributed by atoms with Crippen molar-refractivity contribution in [2.45, 2.75) is 6.92 Å². The molecule has 0 aromatic carbocycles. The van der Waals surface area contributed by atoms with E-state index in [1.165, 1.54) is 0 Å². The Kier molecular flexibility index (Phi) is 2.68. The Morgan fingerprint density at radius 2 is 2.20 bits per heavy atom. The number of anilines is 2. The third-order valence-electron chi connectivity index (χ3n) is 1.78. The summed E-state index contributed by atoms with van der Waals surface area (Å²) in [6.07, 6.45) is 3.62. The van der Waals surface area contributed by atoms with Gasteiger partial charge < -0.3 is 5.32 Å². The number of nitrogens with zero attached hydrogens (tertiary/aromatic N) is 4. The van der Waals surface area contributed by atoms with E-state index in [0.29, 0.717) is 0 Å². The predicted molar refractivity (Wildman–Crippen MR) is 61.0 cm³/mol. The first-order valence-corrected chi connectivity index (χ1v) is 5.19. The zero-order valence-corrected chi connectivity index (χ0v) is 9.98. The van der Waals surface area contributed by atoms with Crippen molar-refractivity contribution in [3.63, 3.8) is 0 Å². The van der Waals surface area contributed by atoms with Gasteiger partial charge in [0, 0.05) is 19.3 Å². The van der Waals surface area contributed by atoms with Gasteiger partial charge in [-0.05, 0) is 22.9 Å². The minimum atomic E-state index is 0.718. The Balaban J connectivity index is 2.24. The lowest BCUT2D eigenvalue weighted by Gasteiger charge is -2.03. The first-order valence-electron chi connectivity index (χ1n) is 4.40. The molecule has 6 heteroatoms. The van der Waals surface area contributed by atoms with Crippen molar-refractivity contribution in [2.24, 2.45) is 7.05 Å². The summed E-state index contributed by atoms with van der Waals surface area (Å²) in [6, 6.07) is 1.82. The van der Waals surface area contributed by atoms with Gasteiger partial charge in [0.2, 0.25) is 0 Å². The monoisotopic (exact) mass is 267 g/mol. The highest BCUT2D eigenvalue weighted by atomic mass is 79.9. The van der Waals surface area contributed by atoms with Gasteiger partial charge in [0.1, 0.15) is 16.2 Å². The number of rotatable bonds is 2. The molecule has 0 bridgehead atoms. The SMILES string of the molecule is Cc1nc(Br)cc(Nc2cnn(C)c2)n1. The van der Waals surface area contributed by atoms with Crippen LogP contribution in [-0.2, 0) is 7.05 Å². The van der Waals surface area contributed by atoms with Crippen LogP contribution in [0.15, 0.2) is 23.1 Å². The van der Waals surface area contributed by atoms with E-state index in [1.807, 2.05) is 26.2 Å². The summed E-state index contributed by atoms with van der Waals surface area (Å²) in [5.41, 5.74) is 0.905. The lowest BCUT2D eigenvalue weighted by molar-refractivity contribution is 0.768. The number of hydrogen-bond acceptors (Lipinski definition) is 4. The Hall–Kier alpha value is -1.43. The number of aryl methyl sites for hydroxylation is 2. The van der Waals surface area contributed by atoms with Crippen LogP contribution >= 0.6 is 15.9 Å². The second kappa shape index (κ2) is 3.98. The Bertz CT molecular complexity index is 459. The van der Waals surface area contributed by atoms with Crippen LogP contribution in [0, 0.1) is 6.92 Å². The second-order valence-corrected chi connectivity index (χ2v) is 3.96. The average molecular weight is 268 g/mol. The Labute approximate surface area is 95.7 Å². The topological polar surface area (TPSA) is 55.6 Å². The van der Waals surface area contributed by atoms with Crippen molar-refractivity contribution in [3.8, 4) is 0 Å². The molecule has 2 rings (SSSR count). The standard InChI is InChI=1S/C9H10BrN5/c1-6-12-8(10)3-9(13-6)14-7-4-11-15(2)5-7/h3-5H,1-2H3,(H,12,13,14). The second-order valence-electron chi connectivity index (χ2n) is 3.15. The molecule has 0 atom stereocenters. The van der Waals surface area contributed by atoms with Crippen LogP contribution in [0.4, 0.5) is 11.5 Å². The highest BCUT2D eigenvalue weighted by molar-refractivity contribution is 9.10. The first-order chi connectivity index (χ1) is 7.13. The molecule has 2 aromatic rings. The van der Waals surface area contributed by atoms with Gasteiger partial charge >= 0.3 is 0 Å². The van der Waals surface area contributed by atoms with E-state index in [-0.39, 0.29) is 0 Å². The van der Waals surface area contributed by atoms with Gasteiger partial charge in [-0.15, -0.1) is 0 Å². The fourth-order valence-electron chi connectivity index (χ4n) is 1.23. The van der Waals surface area contributed by atoms with Gasteiger partial charge in [-0.1, -0.05) is 0 Å². The lowest BCUT2D eigenvalue weighted by atomic mass is 10.5. The van der Waals surface area contributed by atoms with Gasteiger partial charge in [0.25, 0.3) is 0 Å². The molecule has 0 saturated heterocycles. The number of halogens is 1. The van der Waals surface area contributed by atoms with Gasteiger partial charge in [0.05, 0.1) is 11.9 Å². The van der Waals surface area contributed by atoms with Crippen LogP contribution in [0.3, 0.4) is 0 Å². The van der Waals surface area contributed by atoms with Gasteiger partial charge in [-0.3, -0.25) is 4.68 Å². The maximum atomic E-state index is 4.25. The van der Waals surface area contributed by atoms with Crippen molar-refractivity contribution in [3.05, 3.63) is 28.9 Å². The van der Waals surface area contributed by atoms with Gasteiger partial charge in [-0.2, -0.15) is 5.10 Å². The molecule has 0 spiro atoms. The summed E-state index contributed by atoms with van der Waals surface area (Å²) in [5, 5.41) is 7.20. The Morgan fingerprint density at radius 3 is 2.80 bits per heavy atom. The van der Waals surface area contributed by atoms with E-state index in [1.54, 1.807) is 10.9 Å². The fourth-order valence-corrected chi connectivity index (χ4v) is 1.70. The molecule has 5 nitrogen and oxygen atoms in total. The zero-order valence-electron chi connectivity index (χ0n) is 8.40. The van der Waals surface area contributed by atoms with E-state index in [4.69, 9.17) is 0 Å². The highest BCUT2D eigenvalue weighted by Gasteiger charge is 2.01. The van der Waals surface area contributed by atoms with Crippen molar-refractivity contribution < 1.29 is 0 Å². The molecule has 2 aromatic heterocycles. The van der Waals surface area contributed by atoms with Crippen LogP contribution in [0.2, 0.25) is 0 Å². The first kappa shape index (κ1) is 10.1. The smallest absolute Gasteiger partial charge is 0.135 e. The molecule has 15 heavy (non-hydrogen) atoms. The normalized spacial score (nSPS) is 10.3. The molecule has 0 aliphatic heterocycles. The van der Waals surface area contributed by atoms with Crippen LogP contribution < -0.4 is 5.32 Å². The summed E-state index contributed by atoms with van der Waals surface area (Å²) in [6.45, 7) is 1.85. The maximum Gasteiger partial charge on any atom is 0.135 e. The minimum absolute atomic E-state index is 0.718. The van der Waals surface area contributed by atoms with Gasteiger partial charge in [0.15, 0.2) is 0 Å². The molecular formula is C9H10BrN5. The maximum absolute atomic E-state index is 4.25. The van der Waals surface area contributed by atoms with Crippen molar-refractivity contribution in [1.82, 2.24) is 19.7 Å². The predicted octanol–water partition coefficient (Wildman–Crippen LogP) is 2.02. The molecule has 0 amide bonds. The van der Waals surface area contributed by atoms with E-state index < -0.39 is 0 Å². The van der Waals surface area contributed by atoms with Crippen LogP contribution in [0.5, 0.6) is 0 Å². The van der Waals surface area contributed by atoms with Crippen LogP contribution in [0.1, 0.15) is 5.82 Å². The number of nitrogens with one attached hydrogen (secondary N) is 1. The van der Waals surface area contributed by atoms with Gasteiger partial charge in [-0.25, -0.2) is 9.97 Å². The van der Waals surface area contributed by atoms with Crippen molar-refractivity contribution in [1.29, 1.82) is 0 Å². The van der Waals surface area contributed by atoms with Crippen molar-refractivity contribution >= 4 is 27.4 Å². The average Bonchev–Trinajstić information content (AvgIpc) is 2.49. The van der Waals surface area contributed by atoms with E-state index in [9.17, 15) is 0 Å².